The van der Waals surface area contributed by atoms with Crippen LogP contribution >= 0.6 is 0 Å². The average Bonchev–Trinajstić information content (AvgIpc) is 3.46. The molecule has 0 saturated heterocycles. The molecular weight excluding hydrogens is 435 g/mol. The Labute approximate surface area is 193 Å². The fraction of sp³-hybridized carbons (Fsp3) is 0.0435. The van der Waals surface area contributed by atoms with Gasteiger partial charge in [0.25, 0.3) is 0 Å². The molecule has 0 bridgehead atoms. The minimum atomic E-state index is -0.335. The highest BCUT2D eigenvalue weighted by atomic mass is 19.1. The minimum absolute atomic E-state index is 0.335. The summed E-state index contributed by atoms with van der Waals surface area (Å²) in [5, 5.41) is 15.8. The first kappa shape index (κ1) is 20.9. The lowest BCUT2D eigenvalue weighted by Crippen LogP contribution is -2.05. The molecule has 1 aromatic carbocycles. The molecule has 11 heteroatoms. The molecule has 0 saturated carbocycles. The molecule has 4 aromatic heterocycles. The van der Waals surface area contributed by atoms with Crippen LogP contribution in [0.1, 0.15) is 5.82 Å². The number of benzene rings is 1. The number of anilines is 2. The molecule has 0 unspecified atom stereocenters. The van der Waals surface area contributed by atoms with Crippen LogP contribution in [0.3, 0.4) is 0 Å². The van der Waals surface area contributed by atoms with Crippen LogP contribution in [0.15, 0.2) is 84.4 Å². The molecule has 0 aliphatic rings. The van der Waals surface area contributed by atoms with E-state index in [9.17, 15) is 4.39 Å². The number of hydrogen-bond acceptors (Lipinski definition) is 8. The van der Waals surface area contributed by atoms with Crippen molar-refractivity contribution in [3.63, 3.8) is 0 Å². The van der Waals surface area contributed by atoms with E-state index in [-0.39, 0.29) is 5.82 Å². The molecule has 10 nitrogen and oxygen atoms in total. The van der Waals surface area contributed by atoms with E-state index in [1.807, 2.05) is 37.5 Å². The number of hydrogen-bond donors (Lipinski definition) is 2. The minimum Gasteiger partial charge on any atom is -0.405 e. The Morgan fingerprint density at radius 1 is 1.09 bits per heavy atom. The Hall–Kier alpha value is -4.93. The average molecular weight is 454 g/mol. The van der Waals surface area contributed by atoms with E-state index in [1.165, 1.54) is 18.3 Å². The topological polar surface area (TPSA) is 124 Å². The highest BCUT2D eigenvalue weighted by molar-refractivity contribution is 6.07. The zero-order valence-corrected chi connectivity index (χ0v) is 18.0. The van der Waals surface area contributed by atoms with Gasteiger partial charge in [-0.15, -0.1) is 10.2 Å². The van der Waals surface area contributed by atoms with E-state index >= 15 is 0 Å². The fourth-order valence-corrected chi connectivity index (χ4v) is 3.32. The van der Waals surface area contributed by atoms with Crippen molar-refractivity contribution in [3.8, 4) is 11.3 Å². The van der Waals surface area contributed by atoms with Gasteiger partial charge in [-0.1, -0.05) is 0 Å². The molecule has 0 amide bonds. The molecule has 0 aliphatic carbocycles. The third-order valence-corrected chi connectivity index (χ3v) is 4.98. The predicted octanol–water partition coefficient (Wildman–Crippen LogP) is 3.40. The maximum absolute atomic E-state index is 13.2. The van der Waals surface area contributed by atoms with Crippen LogP contribution in [0.2, 0.25) is 0 Å². The normalized spacial score (nSPS) is 12.0. The highest BCUT2D eigenvalue weighted by Gasteiger charge is 2.13. The smallest absolute Gasteiger partial charge is 0.228 e. The molecule has 0 spiro atoms. The maximum Gasteiger partial charge on any atom is 0.228 e. The molecule has 0 fully saturated rings. The van der Waals surface area contributed by atoms with Gasteiger partial charge in [-0.25, -0.2) is 19.4 Å². The van der Waals surface area contributed by atoms with Crippen molar-refractivity contribution in [3.05, 3.63) is 91.0 Å². The maximum atomic E-state index is 13.2. The van der Waals surface area contributed by atoms with Crippen molar-refractivity contribution in [2.24, 2.45) is 17.8 Å². The quantitative estimate of drug-likeness (QED) is 0.377. The molecule has 5 rings (SSSR count). The number of allylic oxidation sites excluding steroid dienone is 1. The van der Waals surface area contributed by atoms with Crippen molar-refractivity contribution in [2.75, 3.05) is 5.32 Å². The Morgan fingerprint density at radius 2 is 1.94 bits per heavy atom. The summed E-state index contributed by atoms with van der Waals surface area (Å²) in [4.78, 5) is 13.4. The monoisotopic (exact) mass is 454 g/mol. The van der Waals surface area contributed by atoms with Crippen LogP contribution in [0.4, 0.5) is 21.8 Å². The van der Waals surface area contributed by atoms with Gasteiger partial charge in [0.15, 0.2) is 11.5 Å². The Morgan fingerprint density at radius 3 is 2.71 bits per heavy atom. The van der Waals surface area contributed by atoms with Crippen LogP contribution in [-0.2, 0) is 7.05 Å². The van der Waals surface area contributed by atoms with Gasteiger partial charge in [0.1, 0.15) is 17.3 Å². The van der Waals surface area contributed by atoms with Crippen molar-refractivity contribution in [1.29, 1.82) is 0 Å². The number of nitrogens with two attached hydrogens (primary N) is 1. The summed E-state index contributed by atoms with van der Waals surface area (Å²) >= 11 is 0. The number of rotatable bonds is 6. The van der Waals surface area contributed by atoms with Crippen LogP contribution < -0.4 is 11.1 Å². The molecule has 168 valence electrons. The summed E-state index contributed by atoms with van der Waals surface area (Å²) in [7, 11) is 1.83. The van der Waals surface area contributed by atoms with E-state index in [0.717, 1.165) is 11.4 Å². The van der Waals surface area contributed by atoms with E-state index < -0.39 is 0 Å². The third kappa shape index (κ3) is 4.21. The van der Waals surface area contributed by atoms with Gasteiger partial charge in [-0.05, 0) is 54.7 Å². The number of nitrogens with zero attached hydrogens (tertiary/aromatic N) is 8. The largest absolute Gasteiger partial charge is 0.405 e. The van der Waals surface area contributed by atoms with E-state index in [2.05, 4.69) is 35.6 Å². The van der Waals surface area contributed by atoms with E-state index in [4.69, 9.17) is 5.73 Å². The summed E-state index contributed by atoms with van der Waals surface area (Å²) in [6, 6.07) is 13.3. The number of halogens is 1. The standard InChI is InChI=1S/C23H19FN10/c1-33-20(8-12-27-33)30-23-26-11-7-18(29-23)15-9-13-34-21(14-15)31-32-22(34)19(6-10-25)28-17-4-2-16(24)3-5-17/h2-14H,25H2,1H3,(H,26,29,30). The summed E-state index contributed by atoms with van der Waals surface area (Å²) in [5.41, 5.74) is 8.84. The van der Waals surface area contributed by atoms with Crippen molar-refractivity contribution in [2.45, 2.75) is 0 Å². The van der Waals surface area contributed by atoms with Gasteiger partial charge >= 0.3 is 0 Å². The van der Waals surface area contributed by atoms with Crippen LogP contribution in [0.25, 0.3) is 16.9 Å². The lowest BCUT2D eigenvalue weighted by Gasteiger charge is -2.07. The Bertz CT molecular complexity index is 1510. The molecule has 4 heterocycles. The lowest BCUT2D eigenvalue weighted by atomic mass is 10.2. The van der Waals surface area contributed by atoms with Gasteiger partial charge < -0.3 is 11.1 Å². The second-order valence-corrected chi connectivity index (χ2v) is 7.23. The molecule has 34 heavy (non-hydrogen) atoms. The SMILES string of the molecule is Cn1nccc1Nc1nccc(-c2ccn3c(C(C=CN)=Nc4ccc(F)cc4)nnc3c2)n1. The van der Waals surface area contributed by atoms with Crippen molar-refractivity contribution in [1.82, 2.24) is 34.3 Å². The molecule has 0 aliphatic heterocycles. The molecule has 0 radical (unpaired) electrons. The zero-order chi connectivity index (χ0) is 23.5. The first-order valence-electron chi connectivity index (χ1n) is 10.3. The van der Waals surface area contributed by atoms with Gasteiger partial charge in [0.2, 0.25) is 5.95 Å². The fourth-order valence-electron chi connectivity index (χ4n) is 3.32. The predicted molar refractivity (Wildman–Crippen MR) is 126 cm³/mol. The van der Waals surface area contributed by atoms with Crippen molar-refractivity contribution >= 4 is 28.8 Å². The Balaban J connectivity index is 1.48. The van der Waals surface area contributed by atoms with E-state index in [1.54, 1.807) is 39.7 Å². The van der Waals surface area contributed by atoms with Gasteiger partial charge in [0.05, 0.1) is 17.6 Å². The summed E-state index contributed by atoms with van der Waals surface area (Å²) in [6.45, 7) is 0. The number of pyridine rings is 1. The molecule has 3 N–H and O–H groups in total. The molecule has 0 atom stereocenters. The number of fused-ring (bicyclic) bond motifs is 1. The first-order valence-corrected chi connectivity index (χ1v) is 10.3. The van der Waals surface area contributed by atoms with E-state index in [0.29, 0.717) is 34.5 Å². The number of aryl methyl sites for hydroxylation is 1. The second kappa shape index (κ2) is 8.90. The molecule has 5 aromatic rings. The van der Waals surface area contributed by atoms with Crippen LogP contribution in [-0.4, -0.2) is 40.1 Å². The summed E-state index contributed by atoms with van der Waals surface area (Å²) in [6.07, 6.45) is 8.20. The highest BCUT2D eigenvalue weighted by Crippen LogP contribution is 2.22. The molecular formula is C23H19FN10. The zero-order valence-electron chi connectivity index (χ0n) is 18.0. The number of aliphatic imine (C=N–C) groups is 1. The Kier molecular flexibility index (Phi) is 5.48. The van der Waals surface area contributed by atoms with Gasteiger partial charge in [-0.3, -0.25) is 9.08 Å². The second-order valence-electron chi connectivity index (χ2n) is 7.23. The lowest BCUT2D eigenvalue weighted by molar-refractivity contribution is 0.628. The van der Waals surface area contributed by atoms with Crippen molar-refractivity contribution < 1.29 is 4.39 Å². The summed E-state index contributed by atoms with van der Waals surface area (Å²) < 4.78 is 16.7. The summed E-state index contributed by atoms with van der Waals surface area (Å²) in [5.74, 6) is 1.38. The van der Waals surface area contributed by atoms with Crippen LogP contribution in [0.5, 0.6) is 0 Å². The third-order valence-electron chi connectivity index (χ3n) is 4.98. The number of aromatic nitrogens is 7. The van der Waals surface area contributed by atoms with Gasteiger partial charge in [0, 0.05) is 31.1 Å². The van der Waals surface area contributed by atoms with Crippen LogP contribution in [0, 0.1) is 5.82 Å². The number of nitrogens with one attached hydrogen (secondary N) is 1. The van der Waals surface area contributed by atoms with Gasteiger partial charge in [-0.2, -0.15) is 5.10 Å². The first-order chi connectivity index (χ1) is 16.6.